The molecule has 3 rings (SSSR count). The van der Waals surface area contributed by atoms with Gasteiger partial charge in [0.15, 0.2) is 0 Å². The molecule has 1 atom stereocenters. The van der Waals surface area contributed by atoms with E-state index in [1.807, 2.05) is 36.4 Å². The molecule has 1 N–H and O–H groups in total. The molecular weight excluding hydrogens is 396 g/mol. The maximum Gasteiger partial charge on any atom is 0.248 e. The standard InChI is InChI=1S/C21H21ClN2O3S/c1-3-20(24(28(2,26)27)17-13-11-16(22)12-14-17)21(25)23-19-10-6-8-15-7-4-5-9-18(15)19/h4-14,20H,3H2,1-2H3,(H,23,25)/t20-/m1/s1. The number of carbonyl (C=O) groups is 1. The van der Waals surface area contributed by atoms with Crippen LogP contribution < -0.4 is 9.62 Å². The van der Waals surface area contributed by atoms with Crippen molar-refractivity contribution in [2.24, 2.45) is 0 Å². The van der Waals surface area contributed by atoms with Crippen LogP contribution in [-0.2, 0) is 14.8 Å². The van der Waals surface area contributed by atoms with Crippen molar-refractivity contribution in [3.8, 4) is 0 Å². The van der Waals surface area contributed by atoms with Crippen molar-refractivity contribution in [2.45, 2.75) is 19.4 Å². The lowest BCUT2D eigenvalue weighted by atomic mass is 10.1. The molecule has 0 aromatic heterocycles. The third-order valence-electron chi connectivity index (χ3n) is 4.46. The Labute approximate surface area is 170 Å². The van der Waals surface area contributed by atoms with E-state index in [-0.39, 0.29) is 5.91 Å². The van der Waals surface area contributed by atoms with E-state index < -0.39 is 16.1 Å². The molecule has 0 aliphatic carbocycles. The van der Waals surface area contributed by atoms with Crippen LogP contribution in [0.3, 0.4) is 0 Å². The highest BCUT2D eigenvalue weighted by molar-refractivity contribution is 7.92. The minimum Gasteiger partial charge on any atom is -0.324 e. The molecule has 0 heterocycles. The molecule has 146 valence electrons. The van der Waals surface area contributed by atoms with Crippen LogP contribution in [-0.4, -0.2) is 26.6 Å². The van der Waals surface area contributed by atoms with E-state index in [1.165, 1.54) is 0 Å². The number of rotatable bonds is 6. The molecule has 1 amide bonds. The SMILES string of the molecule is CC[C@H](C(=O)Nc1cccc2ccccc12)N(c1ccc(Cl)cc1)S(C)(=O)=O. The molecule has 3 aromatic carbocycles. The lowest BCUT2D eigenvalue weighted by Gasteiger charge is -2.30. The van der Waals surface area contributed by atoms with Gasteiger partial charge in [0.05, 0.1) is 11.9 Å². The van der Waals surface area contributed by atoms with E-state index in [0.29, 0.717) is 22.8 Å². The number of sulfonamides is 1. The van der Waals surface area contributed by atoms with E-state index in [4.69, 9.17) is 11.6 Å². The first-order valence-corrected chi connectivity index (χ1v) is 11.1. The molecule has 28 heavy (non-hydrogen) atoms. The zero-order valence-electron chi connectivity index (χ0n) is 15.6. The first-order chi connectivity index (χ1) is 13.3. The predicted octanol–water partition coefficient (Wildman–Crippen LogP) is 4.68. The molecule has 0 unspecified atom stereocenters. The highest BCUT2D eigenvalue weighted by atomic mass is 35.5. The molecule has 0 saturated carbocycles. The second-order valence-electron chi connectivity index (χ2n) is 6.48. The lowest BCUT2D eigenvalue weighted by Crippen LogP contribution is -2.47. The largest absolute Gasteiger partial charge is 0.324 e. The Kier molecular flexibility index (Phi) is 5.91. The number of amides is 1. The topological polar surface area (TPSA) is 66.5 Å². The summed E-state index contributed by atoms with van der Waals surface area (Å²) in [6.07, 6.45) is 1.40. The number of hydrogen-bond acceptors (Lipinski definition) is 3. The van der Waals surface area contributed by atoms with Gasteiger partial charge in [0.1, 0.15) is 6.04 Å². The van der Waals surface area contributed by atoms with Crippen LogP contribution in [0, 0.1) is 0 Å². The predicted molar refractivity (Wildman–Crippen MR) is 115 cm³/mol. The summed E-state index contributed by atoms with van der Waals surface area (Å²) in [4.78, 5) is 13.1. The van der Waals surface area contributed by atoms with Crippen LogP contribution in [0.25, 0.3) is 10.8 Å². The maximum absolute atomic E-state index is 13.1. The Morgan fingerprint density at radius 2 is 1.68 bits per heavy atom. The van der Waals surface area contributed by atoms with Crippen molar-refractivity contribution in [1.82, 2.24) is 0 Å². The van der Waals surface area contributed by atoms with Crippen LogP contribution >= 0.6 is 11.6 Å². The molecule has 0 saturated heterocycles. The van der Waals surface area contributed by atoms with Crippen molar-refractivity contribution in [3.63, 3.8) is 0 Å². The van der Waals surface area contributed by atoms with Gasteiger partial charge in [-0.05, 0) is 42.1 Å². The normalized spacial score (nSPS) is 12.5. The van der Waals surface area contributed by atoms with Crippen molar-refractivity contribution in [1.29, 1.82) is 0 Å². The molecule has 7 heteroatoms. The van der Waals surface area contributed by atoms with Gasteiger partial charge in [0, 0.05) is 16.1 Å². The average molecular weight is 417 g/mol. The van der Waals surface area contributed by atoms with E-state index in [1.54, 1.807) is 37.3 Å². The zero-order chi connectivity index (χ0) is 20.3. The van der Waals surface area contributed by atoms with Gasteiger partial charge in [-0.15, -0.1) is 0 Å². The quantitative estimate of drug-likeness (QED) is 0.634. The van der Waals surface area contributed by atoms with Crippen LogP contribution in [0.5, 0.6) is 0 Å². The summed E-state index contributed by atoms with van der Waals surface area (Å²) in [6.45, 7) is 1.78. The monoisotopic (exact) mass is 416 g/mol. The Bertz CT molecular complexity index is 1090. The van der Waals surface area contributed by atoms with Gasteiger partial charge in [0.2, 0.25) is 15.9 Å². The fourth-order valence-corrected chi connectivity index (χ4v) is 4.54. The van der Waals surface area contributed by atoms with Gasteiger partial charge >= 0.3 is 0 Å². The molecule has 3 aromatic rings. The van der Waals surface area contributed by atoms with Crippen LogP contribution in [0.4, 0.5) is 11.4 Å². The van der Waals surface area contributed by atoms with Crippen LogP contribution in [0.2, 0.25) is 5.02 Å². The minimum absolute atomic E-state index is 0.312. The Balaban J connectivity index is 1.97. The van der Waals surface area contributed by atoms with Crippen molar-refractivity contribution in [3.05, 3.63) is 71.8 Å². The third kappa shape index (κ3) is 4.29. The van der Waals surface area contributed by atoms with Gasteiger partial charge in [-0.25, -0.2) is 8.42 Å². The smallest absolute Gasteiger partial charge is 0.248 e. The number of hydrogen-bond donors (Lipinski definition) is 1. The number of anilines is 2. The van der Waals surface area contributed by atoms with Crippen LogP contribution in [0.1, 0.15) is 13.3 Å². The second-order valence-corrected chi connectivity index (χ2v) is 8.77. The highest BCUT2D eigenvalue weighted by Gasteiger charge is 2.31. The summed E-state index contributed by atoms with van der Waals surface area (Å²) >= 11 is 5.92. The number of nitrogens with one attached hydrogen (secondary N) is 1. The van der Waals surface area contributed by atoms with E-state index in [0.717, 1.165) is 21.3 Å². The molecule has 0 bridgehead atoms. The summed E-state index contributed by atoms with van der Waals surface area (Å²) in [5.41, 5.74) is 1.04. The van der Waals surface area contributed by atoms with E-state index >= 15 is 0 Å². The Morgan fingerprint density at radius 3 is 2.32 bits per heavy atom. The number of halogens is 1. The number of nitrogens with zero attached hydrogens (tertiary/aromatic N) is 1. The first kappa shape index (κ1) is 20.2. The molecule has 0 spiro atoms. The number of benzene rings is 3. The van der Waals surface area contributed by atoms with Gasteiger partial charge in [-0.2, -0.15) is 0 Å². The van der Waals surface area contributed by atoms with Gasteiger partial charge < -0.3 is 5.32 Å². The summed E-state index contributed by atoms with van der Waals surface area (Å²) in [5, 5.41) is 5.28. The average Bonchev–Trinajstić information content (AvgIpc) is 2.66. The summed E-state index contributed by atoms with van der Waals surface area (Å²) in [5.74, 6) is -0.390. The molecule has 0 radical (unpaired) electrons. The fraction of sp³-hybridized carbons (Fsp3) is 0.190. The molecule has 5 nitrogen and oxygen atoms in total. The molecule has 0 aliphatic rings. The van der Waals surface area contributed by atoms with E-state index in [2.05, 4.69) is 5.32 Å². The maximum atomic E-state index is 13.1. The van der Waals surface area contributed by atoms with Gasteiger partial charge in [0.25, 0.3) is 0 Å². The number of carbonyl (C=O) groups excluding carboxylic acids is 1. The van der Waals surface area contributed by atoms with Crippen molar-refractivity contribution < 1.29 is 13.2 Å². The summed E-state index contributed by atoms with van der Waals surface area (Å²) in [6, 6.07) is 18.8. The van der Waals surface area contributed by atoms with Crippen molar-refractivity contribution >= 4 is 49.7 Å². The summed E-state index contributed by atoms with van der Waals surface area (Å²) < 4.78 is 26.1. The molecule has 0 aliphatic heterocycles. The second kappa shape index (κ2) is 8.20. The van der Waals surface area contributed by atoms with Crippen LogP contribution in [0.15, 0.2) is 66.7 Å². The zero-order valence-corrected chi connectivity index (χ0v) is 17.2. The Hall–Kier alpha value is -2.57. The van der Waals surface area contributed by atoms with Gasteiger partial charge in [-0.1, -0.05) is 54.9 Å². The van der Waals surface area contributed by atoms with E-state index in [9.17, 15) is 13.2 Å². The molecular formula is C21H21ClN2O3S. The van der Waals surface area contributed by atoms with Crippen molar-refractivity contribution in [2.75, 3.05) is 15.9 Å². The Morgan fingerprint density at radius 1 is 1.04 bits per heavy atom. The summed E-state index contributed by atoms with van der Waals surface area (Å²) in [7, 11) is -3.69. The highest BCUT2D eigenvalue weighted by Crippen LogP contribution is 2.27. The fourth-order valence-electron chi connectivity index (χ4n) is 3.20. The lowest BCUT2D eigenvalue weighted by molar-refractivity contribution is -0.117. The third-order valence-corrected chi connectivity index (χ3v) is 5.89. The first-order valence-electron chi connectivity index (χ1n) is 8.85. The molecule has 0 fully saturated rings. The number of fused-ring (bicyclic) bond motifs is 1. The minimum atomic E-state index is -3.69. The van der Waals surface area contributed by atoms with Gasteiger partial charge in [-0.3, -0.25) is 9.10 Å².